The van der Waals surface area contributed by atoms with Crippen LogP contribution >= 0.6 is 0 Å². The summed E-state index contributed by atoms with van der Waals surface area (Å²) >= 11 is 0. The van der Waals surface area contributed by atoms with Crippen LogP contribution in [0.1, 0.15) is 290 Å². The number of unbranched alkanes of at least 4 members (excludes halogenated alkanes) is 29. The summed E-state index contributed by atoms with van der Waals surface area (Å²) in [5, 5.41) is 0. The molecule has 0 N–H and O–H groups in total. The summed E-state index contributed by atoms with van der Waals surface area (Å²) in [5.74, 6) is -0.893. The zero-order chi connectivity index (χ0) is 51.4. The SMILES string of the molecule is CC/C=C\C/C=C\C/C=C\C/C=C\C/C=C\CCCCCCCCCCCCCCCCCCCC(=O)OCC(COC(=O)CCCCCCCCC)OC(=O)CCCCCCC/C=C\C/C=C\CCC. The Morgan fingerprint density at radius 2 is 0.577 bits per heavy atom. The molecule has 0 aliphatic rings. The number of allylic oxidation sites excluding steroid dienone is 14. The number of rotatable bonds is 54. The Hall–Kier alpha value is -3.41. The molecule has 0 aromatic heterocycles. The van der Waals surface area contributed by atoms with E-state index in [9.17, 15) is 14.4 Å². The zero-order valence-electron chi connectivity index (χ0n) is 46.7. The number of hydrogen-bond donors (Lipinski definition) is 0. The molecule has 0 bridgehead atoms. The predicted molar refractivity (Wildman–Crippen MR) is 307 cm³/mol. The van der Waals surface area contributed by atoms with Crippen LogP contribution in [0, 0.1) is 0 Å². The molecule has 0 fully saturated rings. The van der Waals surface area contributed by atoms with Gasteiger partial charge < -0.3 is 14.2 Å². The van der Waals surface area contributed by atoms with Gasteiger partial charge in [0.25, 0.3) is 0 Å². The van der Waals surface area contributed by atoms with Crippen molar-refractivity contribution in [3.8, 4) is 0 Å². The molecular weight excluding hydrogens is 877 g/mol. The van der Waals surface area contributed by atoms with Crippen LogP contribution in [-0.2, 0) is 28.6 Å². The maximum Gasteiger partial charge on any atom is 0.306 e. The van der Waals surface area contributed by atoms with Crippen molar-refractivity contribution in [2.45, 2.75) is 297 Å². The number of carbonyl (C=O) groups excluding carboxylic acids is 3. The van der Waals surface area contributed by atoms with Gasteiger partial charge in [-0.05, 0) is 89.9 Å². The first-order valence-corrected chi connectivity index (χ1v) is 30.1. The van der Waals surface area contributed by atoms with Gasteiger partial charge in [-0.25, -0.2) is 0 Å². The minimum atomic E-state index is -0.778. The first-order chi connectivity index (χ1) is 35.0. The predicted octanol–water partition coefficient (Wildman–Crippen LogP) is 20.3. The molecular formula is C65H112O6. The van der Waals surface area contributed by atoms with Crippen LogP contribution in [0.25, 0.3) is 0 Å². The Labute approximate surface area is 439 Å². The Balaban J connectivity index is 3.99. The van der Waals surface area contributed by atoms with Gasteiger partial charge in [-0.15, -0.1) is 0 Å². The maximum atomic E-state index is 12.8. The fourth-order valence-electron chi connectivity index (χ4n) is 8.39. The molecule has 0 aliphatic carbocycles. The van der Waals surface area contributed by atoms with E-state index in [4.69, 9.17) is 14.2 Å². The Bertz CT molecular complexity index is 1370. The number of ether oxygens (including phenoxy) is 3. The molecule has 0 spiro atoms. The van der Waals surface area contributed by atoms with Crippen LogP contribution in [0.2, 0.25) is 0 Å². The normalized spacial score (nSPS) is 12.7. The van der Waals surface area contributed by atoms with Crippen LogP contribution in [-0.4, -0.2) is 37.2 Å². The van der Waals surface area contributed by atoms with Crippen molar-refractivity contribution in [1.82, 2.24) is 0 Å². The first-order valence-electron chi connectivity index (χ1n) is 30.1. The Morgan fingerprint density at radius 1 is 0.296 bits per heavy atom. The van der Waals surface area contributed by atoms with Gasteiger partial charge in [0.2, 0.25) is 0 Å². The van der Waals surface area contributed by atoms with E-state index in [1.165, 1.54) is 128 Å². The van der Waals surface area contributed by atoms with E-state index in [0.717, 1.165) is 122 Å². The summed E-state index contributed by atoms with van der Waals surface area (Å²) in [4.78, 5) is 37.9. The van der Waals surface area contributed by atoms with Gasteiger partial charge in [0.15, 0.2) is 6.10 Å². The third-order valence-corrected chi connectivity index (χ3v) is 12.9. The van der Waals surface area contributed by atoms with Crippen LogP contribution in [0.4, 0.5) is 0 Å². The largest absolute Gasteiger partial charge is 0.462 e. The highest BCUT2D eigenvalue weighted by atomic mass is 16.6. The molecule has 6 nitrogen and oxygen atoms in total. The van der Waals surface area contributed by atoms with Crippen molar-refractivity contribution in [3.63, 3.8) is 0 Å². The lowest BCUT2D eigenvalue weighted by Gasteiger charge is -2.18. The van der Waals surface area contributed by atoms with Gasteiger partial charge >= 0.3 is 17.9 Å². The van der Waals surface area contributed by atoms with Crippen molar-refractivity contribution >= 4 is 17.9 Å². The zero-order valence-corrected chi connectivity index (χ0v) is 46.7. The van der Waals surface area contributed by atoms with Gasteiger partial charge in [0.05, 0.1) is 0 Å². The average molecular weight is 990 g/mol. The third-order valence-electron chi connectivity index (χ3n) is 12.9. The van der Waals surface area contributed by atoms with Crippen molar-refractivity contribution in [3.05, 3.63) is 85.1 Å². The van der Waals surface area contributed by atoms with Crippen molar-refractivity contribution in [1.29, 1.82) is 0 Å². The quantitative estimate of drug-likeness (QED) is 0.0261. The first kappa shape index (κ1) is 67.6. The minimum Gasteiger partial charge on any atom is -0.462 e. The topological polar surface area (TPSA) is 78.9 Å². The van der Waals surface area contributed by atoms with E-state index >= 15 is 0 Å². The molecule has 0 rings (SSSR count). The summed E-state index contributed by atoms with van der Waals surface area (Å²) in [6.45, 7) is 6.42. The summed E-state index contributed by atoms with van der Waals surface area (Å²) in [7, 11) is 0. The second-order valence-corrected chi connectivity index (χ2v) is 19.9. The molecule has 0 heterocycles. The van der Waals surface area contributed by atoms with Crippen LogP contribution in [0.5, 0.6) is 0 Å². The summed E-state index contributed by atoms with van der Waals surface area (Å²) in [6.07, 6.45) is 77.7. The van der Waals surface area contributed by atoms with E-state index in [0.29, 0.717) is 19.3 Å². The van der Waals surface area contributed by atoms with Crippen LogP contribution in [0.15, 0.2) is 85.1 Å². The molecule has 71 heavy (non-hydrogen) atoms. The van der Waals surface area contributed by atoms with E-state index in [2.05, 4.69) is 106 Å². The summed E-state index contributed by atoms with van der Waals surface area (Å²) in [5.41, 5.74) is 0. The number of esters is 3. The van der Waals surface area contributed by atoms with Gasteiger partial charge in [0, 0.05) is 19.3 Å². The smallest absolute Gasteiger partial charge is 0.306 e. The van der Waals surface area contributed by atoms with Crippen molar-refractivity contribution < 1.29 is 28.6 Å². The average Bonchev–Trinajstić information content (AvgIpc) is 3.37. The molecule has 0 saturated carbocycles. The molecule has 408 valence electrons. The lowest BCUT2D eigenvalue weighted by Crippen LogP contribution is -2.30. The highest BCUT2D eigenvalue weighted by Gasteiger charge is 2.19. The van der Waals surface area contributed by atoms with Gasteiger partial charge in [0.1, 0.15) is 13.2 Å². The van der Waals surface area contributed by atoms with Crippen molar-refractivity contribution in [2.75, 3.05) is 13.2 Å². The molecule has 1 atom stereocenters. The van der Waals surface area contributed by atoms with E-state index in [-0.39, 0.29) is 31.1 Å². The fraction of sp³-hybridized carbons (Fsp3) is 0.738. The van der Waals surface area contributed by atoms with Crippen LogP contribution < -0.4 is 0 Å². The molecule has 0 saturated heterocycles. The monoisotopic (exact) mass is 989 g/mol. The van der Waals surface area contributed by atoms with Crippen LogP contribution in [0.3, 0.4) is 0 Å². The highest BCUT2D eigenvalue weighted by Crippen LogP contribution is 2.16. The summed E-state index contributed by atoms with van der Waals surface area (Å²) < 4.78 is 16.8. The molecule has 0 aromatic rings. The standard InChI is InChI=1S/C65H112O6/c1-4-7-10-13-16-18-20-22-23-24-25-26-27-28-29-30-31-32-33-34-35-36-37-38-39-40-41-43-44-46-49-52-55-58-64(67)70-61-62(60-69-63(66)57-54-51-48-15-12-9-6-3)71-65(68)59-56-53-50-47-45-42-21-19-17-14-11-8-5-2/h7,10-11,14,16,18-19,21-23,25-26,28-29,62H,4-6,8-9,12-13,15,17,20,24,27,30-61H2,1-3H3/b10-7-,14-11-,18-16-,21-19-,23-22-,26-25-,29-28-. The Morgan fingerprint density at radius 3 is 0.915 bits per heavy atom. The van der Waals surface area contributed by atoms with Gasteiger partial charge in [-0.2, -0.15) is 0 Å². The molecule has 0 amide bonds. The third kappa shape index (κ3) is 57.4. The fourth-order valence-corrected chi connectivity index (χ4v) is 8.39. The molecule has 1 unspecified atom stereocenters. The summed E-state index contributed by atoms with van der Waals surface area (Å²) in [6, 6.07) is 0. The van der Waals surface area contributed by atoms with E-state index in [1.54, 1.807) is 0 Å². The maximum absolute atomic E-state index is 12.8. The Kier molecular flexibility index (Phi) is 56.3. The molecule has 0 aromatic carbocycles. The molecule has 6 heteroatoms. The second-order valence-electron chi connectivity index (χ2n) is 19.9. The van der Waals surface area contributed by atoms with E-state index in [1.807, 2.05) is 0 Å². The van der Waals surface area contributed by atoms with E-state index < -0.39 is 6.10 Å². The van der Waals surface area contributed by atoms with Crippen molar-refractivity contribution in [2.24, 2.45) is 0 Å². The highest BCUT2D eigenvalue weighted by molar-refractivity contribution is 5.71. The lowest BCUT2D eigenvalue weighted by atomic mass is 10.0. The minimum absolute atomic E-state index is 0.0787. The second kappa shape index (κ2) is 59.2. The number of hydrogen-bond acceptors (Lipinski definition) is 6. The number of carbonyl (C=O) groups is 3. The molecule has 0 radical (unpaired) electrons. The van der Waals surface area contributed by atoms with Gasteiger partial charge in [-0.1, -0.05) is 266 Å². The lowest BCUT2D eigenvalue weighted by molar-refractivity contribution is -0.167. The molecule has 0 aliphatic heterocycles. The van der Waals surface area contributed by atoms with Gasteiger partial charge in [-0.3, -0.25) is 14.4 Å².